The van der Waals surface area contributed by atoms with Crippen molar-refractivity contribution in [2.45, 2.75) is 31.0 Å². The summed E-state index contributed by atoms with van der Waals surface area (Å²) in [6, 6.07) is 9.79. The molecular formula is C20H25N5O3S2. The number of aromatic nitrogens is 3. The van der Waals surface area contributed by atoms with E-state index in [9.17, 15) is 13.2 Å². The summed E-state index contributed by atoms with van der Waals surface area (Å²) in [7, 11) is -3.50. The van der Waals surface area contributed by atoms with Crippen LogP contribution >= 0.6 is 11.8 Å². The van der Waals surface area contributed by atoms with Gasteiger partial charge in [0.25, 0.3) is 0 Å². The van der Waals surface area contributed by atoms with Gasteiger partial charge in [-0.05, 0) is 31.4 Å². The van der Waals surface area contributed by atoms with Crippen LogP contribution in [0.1, 0.15) is 30.3 Å². The van der Waals surface area contributed by atoms with Gasteiger partial charge >= 0.3 is 0 Å². The first-order valence-electron chi connectivity index (χ1n) is 9.99. The maximum Gasteiger partial charge on any atom is 0.236 e. The zero-order valence-electron chi connectivity index (χ0n) is 16.8. The zero-order valence-corrected chi connectivity index (χ0v) is 18.5. The molecule has 1 amide bonds. The lowest BCUT2D eigenvalue weighted by Gasteiger charge is -2.33. The van der Waals surface area contributed by atoms with Crippen LogP contribution in [0.2, 0.25) is 0 Å². The molecule has 0 N–H and O–H groups in total. The fourth-order valence-corrected chi connectivity index (χ4v) is 5.55. The molecule has 1 aromatic heterocycles. The minimum absolute atomic E-state index is 0.000115. The third kappa shape index (κ3) is 4.93. The zero-order chi connectivity index (χ0) is 21.1. The third-order valence-electron chi connectivity index (χ3n) is 5.26. The van der Waals surface area contributed by atoms with Crippen LogP contribution in [0.25, 0.3) is 6.08 Å². The van der Waals surface area contributed by atoms with E-state index in [1.54, 1.807) is 11.0 Å². The van der Waals surface area contributed by atoms with E-state index in [-0.39, 0.29) is 11.7 Å². The number of aryl methyl sites for hydroxylation is 1. The lowest BCUT2D eigenvalue weighted by atomic mass is 10.2. The van der Waals surface area contributed by atoms with Gasteiger partial charge in [0.2, 0.25) is 15.9 Å². The highest BCUT2D eigenvalue weighted by Crippen LogP contribution is 2.38. The smallest absolute Gasteiger partial charge is 0.236 e. The molecule has 8 nitrogen and oxygen atoms in total. The molecule has 30 heavy (non-hydrogen) atoms. The van der Waals surface area contributed by atoms with Gasteiger partial charge in [0.15, 0.2) is 5.16 Å². The second kappa shape index (κ2) is 8.91. The Morgan fingerprint density at radius 3 is 2.50 bits per heavy atom. The highest BCUT2D eigenvalue weighted by Gasteiger charge is 2.30. The minimum Gasteiger partial charge on any atom is -0.339 e. The Kier molecular flexibility index (Phi) is 6.26. The normalized spacial score (nSPS) is 18.2. The Bertz CT molecular complexity index is 1020. The Hall–Kier alpha value is -2.17. The average Bonchev–Trinajstić information content (AvgIpc) is 3.53. The summed E-state index contributed by atoms with van der Waals surface area (Å²) in [5.41, 5.74) is 0.834. The number of thioether (sulfide) groups is 1. The first-order chi connectivity index (χ1) is 14.4. The quantitative estimate of drug-likeness (QED) is 0.605. The molecule has 2 heterocycles. The van der Waals surface area contributed by atoms with E-state index in [1.807, 2.05) is 37.3 Å². The summed E-state index contributed by atoms with van der Waals surface area (Å²) in [4.78, 5) is 14.3. The maximum atomic E-state index is 12.6. The molecular weight excluding hydrogens is 422 g/mol. The fourth-order valence-electron chi connectivity index (χ4n) is 3.43. The summed E-state index contributed by atoms with van der Waals surface area (Å²) in [6.45, 7) is 3.33. The minimum atomic E-state index is -3.50. The highest BCUT2D eigenvalue weighted by atomic mass is 32.2. The Morgan fingerprint density at radius 1 is 1.13 bits per heavy atom. The molecule has 0 radical (unpaired) electrons. The van der Waals surface area contributed by atoms with Crippen molar-refractivity contribution < 1.29 is 13.2 Å². The number of nitrogens with zero attached hydrogens (tertiary/aromatic N) is 5. The summed E-state index contributed by atoms with van der Waals surface area (Å²) < 4.78 is 28.7. The monoisotopic (exact) mass is 447 g/mol. The number of amides is 1. The van der Waals surface area contributed by atoms with Crippen LogP contribution in [-0.2, 0) is 14.8 Å². The molecule has 0 unspecified atom stereocenters. The van der Waals surface area contributed by atoms with E-state index in [2.05, 4.69) is 14.8 Å². The van der Waals surface area contributed by atoms with Crippen molar-refractivity contribution in [3.63, 3.8) is 0 Å². The molecule has 10 heteroatoms. The van der Waals surface area contributed by atoms with Crippen molar-refractivity contribution in [1.82, 2.24) is 24.0 Å². The van der Waals surface area contributed by atoms with E-state index in [1.165, 1.54) is 21.5 Å². The first-order valence-corrected chi connectivity index (χ1v) is 12.5. The molecule has 160 valence electrons. The molecule has 1 aromatic carbocycles. The van der Waals surface area contributed by atoms with E-state index in [0.29, 0.717) is 32.2 Å². The molecule has 2 aliphatic rings. The Balaban J connectivity index is 1.28. The highest BCUT2D eigenvalue weighted by molar-refractivity contribution is 7.99. The van der Waals surface area contributed by atoms with Crippen molar-refractivity contribution in [2.75, 3.05) is 31.9 Å². The van der Waals surface area contributed by atoms with Crippen molar-refractivity contribution >= 4 is 33.8 Å². The molecule has 1 saturated carbocycles. The summed E-state index contributed by atoms with van der Waals surface area (Å²) >= 11 is 1.41. The number of rotatable bonds is 7. The second-order valence-electron chi connectivity index (χ2n) is 7.46. The van der Waals surface area contributed by atoms with E-state index < -0.39 is 10.0 Å². The van der Waals surface area contributed by atoms with Gasteiger partial charge in [-0.25, -0.2) is 8.42 Å². The van der Waals surface area contributed by atoms with Crippen LogP contribution < -0.4 is 0 Å². The van der Waals surface area contributed by atoms with Crippen LogP contribution in [0.4, 0.5) is 0 Å². The third-order valence-corrected chi connectivity index (χ3v) is 7.75. The number of sulfonamides is 1. The Labute approximate surface area is 181 Å². The summed E-state index contributed by atoms with van der Waals surface area (Å²) in [6.07, 6.45) is 3.87. The lowest BCUT2D eigenvalue weighted by molar-refractivity contribution is -0.129. The molecule has 4 rings (SSSR count). The largest absolute Gasteiger partial charge is 0.339 e. The van der Waals surface area contributed by atoms with Gasteiger partial charge in [0, 0.05) is 37.6 Å². The van der Waals surface area contributed by atoms with E-state index in [0.717, 1.165) is 29.4 Å². The maximum absolute atomic E-state index is 12.6. The molecule has 1 aliphatic heterocycles. The topological polar surface area (TPSA) is 88.4 Å². The van der Waals surface area contributed by atoms with Gasteiger partial charge in [-0.1, -0.05) is 42.1 Å². The number of benzene rings is 1. The molecule has 1 saturated heterocycles. The molecule has 0 bridgehead atoms. The lowest BCUT2D eigenvalue weighted by Crippen LogP contribution is -2.50. The summed E-state index contributed by atoms with van der Waals surface area (Å²) in [5.74, 6) is 1.17. The SMILES string of the molecule is Cc1nnc(SCC(=O)N2CCN(S(=O)(=O)C=Cc3ccccc3)CC2)n1C1CC1. The molecule has 0 atom stereocenters. The van der Waals surface area contributed by atoms with Crippen LogP contribution in [0, 0.1) is 6.92 Å². The van der Waals surface area contributed by atoms with Crippen LogP contribution in [-0.4, -0.2) is 70.2 Å². The van der Waals surface area contributed by atoms with Gasteiger partial charge in [0.1, 0.15) is 5.82 Å². The molecule has 2 fully saturated rings. The number of carbonyl (C=O) groups excluding carboxylic acids is 1. The van der Waals surface area contributed by atoms with E-state index >= 15 is 0 Å². The van der Waals surface area contributed by atoms with E-state index in [4.69, 9.17) is 0 Å². The predicted octanol–water partition coefficient (Wildman–Crippen LogP) is 2.16. The molecule has 0 spiro atoms. The van der Waals surface area contributed by atoms with Crippen LogP contribution in [0.15, 0.2) is 40.9 Å². The molecule has 2 aromatic rings. The van der Waals surface area contributed by atoms with Crippen LogP contribution in [0.3, 0.4) is 0 Å². The van der Waals surface area contributed by atoms with Gasteiger partial charge in [0.05, 0.1) is 5.75 Å². The number of carbonyl (C=O) groups is 1. The van der Waals surface area contributed by atoms with Crippen molar-refractivity contribution in [2.24, 2.45) is 0 Å². The van der Waals surface area contributed by atoms with Crippen molar-refractivity contribution in [1.29, 1.82) is 0 Å². The summed E-state index contributed by atoms with van der Waals surface area (Å²) in [5, 5.41) is 10.4. The van der Waals surface area contributed by atoms with Gasteiger partial charge in [-0.15, -0.1) is 10.2 Å². The molecule has 1 aliphatic carbocycles. The predicted molar refractivity (Wildman–Crippen MR) is 116 cm³/mol. The fraction of sp³-hybridized carbons (Fsp3) is 0.450. The number of hydrogen-bond acceptors (Lipinski definition) is 6. The number of hydrogen-bond donors (Lipinski definition) is 0. The average molecular weight is 448 g/mol. The van der Waals surface area contributed by atoms with Gasteiger partial charge < -0.3 is 9.47 Å². The van der Waals surface area contributed by atoms with Crippen LogP contribution in [0.5, 0.6) is 0 Å². The number of piperazine rings is 1. The standard InChI is InChI=1S/C20H25N5O3S2/c1-16-21-22-20(25(16)18-7-8-18)29-15-19(26)23-10-12-24(13-11-23)30(27,28)14-9-17-5-3-2-4-6-17/h2-6,9,14,18H,7-8,10-13,15H2,1H3. The van der Waals surface area contributed by atoms with Gasteiger partial charge in [-0.2, -0.15) is 4.31 Å². The van der Waals surface area contributed by atoms with Gasteiger partial charge in [-0.3, -0.25) is 4.79 Å². The first kappa shape index (κ1) is 21.1. The van der Waals surface area contributed by atoms with Crippen molar-refractivity contribution in [3.05, 3.63) is 47.1 Å². The van der Waals surface area contributed by atoms with Crippen molar-refractivity contribution in [3.8, 4) is 0 Å². The Morgan fingerprint density at radius 2 is 1.83 bits per heavy atom. The second-order valence-corrected chi connectivity index (χ2v) is 10.2.